The lowest BCUT2D eigenvalue weighted by Gasteiger charge is -2.37. The van der Waals surface area contributed by atoms with Gasteiger partial charge in [0.15, 0.2) is 28.7 Å². The van der Waals surface area contributed by atoms with Gasteiger partial charge in [-0.05, 0) is 33.9 Å². The molecule has 1 fully saturated rings. The number of hydrogen-bond acceptors (Lipinski definition) is 10. The number of anilines is 1. The van der Waals surface area contributed by atoms with Crippen LogP contribution in [0.15, 0.2) is 0 Å². The zero-order valence-electron chi connectivity index (χ0n) is 20.4. The smallest absolute Gasteiger partial charge is 0.186 e. The molecule has 0 radical (unpaired) electrons. The number of nitrogens with one attached hydrogen (secondary N) is 3. The Labute approximate surface area is 210 Å². The summed E-state index contributed by atoms with van der Waals surface area (Å²) in [6, 6.07) is 2.39. The van der Waals surface area contributed by atoms with Crippen molar-refractivity contribution in [2.75, 3.05) is 45.7 Å². The number of nitriles is 1. The predicted molar refractivity (Wildman–Crippen MR) is 135 cm³/mol. The Balaban J connectivity index is 0.000000303. The first-order chi connectivity index (χ1) is 16.4. The van der Waals surface area contributed by atoms with Gasteiger partial charge < -0.3 is 25.3 Å². The average molecular weight is 512 g/mol. The number of aldehydes is 2. The van der Waals surface area contributed by atoms with Crippen LogP contribution in [-0.4, -0.2) is 80.5 Å². The number of H-pyrrole nitrogens is 1. The van der Waals surface area contributed by atoms with Gasteiger partial charge in [0.2, 0.25) is 0 Å². The first kappa shape index (κ1) is 29.7. The predicted octanol–water partition coefficient (Wildman–Crippen LogP) is 2.63. The number of methoxy groups -OCH3 is 1. The van der Waals surface area contributed by atoms with Crippen LogP contribution in [0, 0.1) is 18.3 Å². The second-order valence-electron chi connectivity index (χ2n) is 7.34. The van der Waals surface area contributed by atoms with Gasteiger partial charge in [-0.2, -0.15) is 5.26 Å². The van der Waals surface area contributed by atoms with Crippen LogP contribution in [0.4, 0.5) is 5.13 Å². The van der Waals surface area contributed by atoms with Crippen molar-refractivity contribution in [1.82, 2.24) is 25.6 Å². The maximum atomic E-state index is 10.9. The number of rotatable bonds is 8. The van der Waals surface area contributed by atoms with Gasteiger partial charge in [-0.3, -0.25) is 9.59 Å². The van der Waals surface area contributed by atoms with E-state index in [4.69, 9.17) is 21.6 Å². The molecule has 0 saturated carbocycles. The Morgan fingerprint density at radius 3 is 2.50 bits per heavy atom. The molecule has 12 heteroatoms. The normalized spacial score (nSPS) is 17.0. The van der Waals surface area contributed by atoms with Crippen molar-refractivity contribution < 1.29 is 14.3 Å². The van der Waals surface area contributed by atoms with Gasteiger partial charge in [0.05, 0.1) is 28.4 Å². The zero-order valence-corrected chi connectivity index (χ0v) is 21.9. The van der Waals surface area contributed by atoms with E-state index in [9.17, 15) is 9.59 Å². The summed E-state index contributed by atoms with van der Waals surface area (Å²) in [5, 5.41) is 15.3. The highest BCUT2D eigenvalue weighted by molar-refractivity contribution is 7.17. The summed E-state index contributed by atoms with van der Waals surface area (Å²) in [6.07, 6.45) is 4.07. The fourth-order valence-corrected chi connectivity index (χ4v) is 4.36. The fourth-order valence-electron chi connectivity index (χ4n) is 3.18. The van der Waals surface area contributed by atoms with E-state index in [0.29, 0.717) is 29.7 Å². The van der Waals surface area contributed by atoms with Crippen molar-refractivity contribution in [2.45, 2.75) is 45.3 Å². The van der Waals surface area contributed by atoms with E-state index in [1.165, 1.54) is 11.3 Å². The van der Waals surface area contributed by atoms with E-state index in [1.807, 2.05) is 34.0 Å². The number of aromatic amines is 1. The van der Waals surface area contributed by atoms with E-state index in [-0.39, 0.29) is 6.10 Å². The molecule has 10 nitrogen and oxygen atoms in total. The van der Waals surface area contributed by atoms with E-state index >= 15 is 0 Å². The SMILES string of the molecule is CCc1[nH]c(C=O)nc1Cl.CNCCC#N.CN[C@@H]1CCN(c2nc(C)c(C=O)s2)C[C@@H]1OC. The molecule has 2 aromatic rings. The van der Waals surface area contributed by atoms with E-state index in [0.717, 1.165) is 60.2 Å². The molecule has 1 aliphatic heterocycles. The zero-order chi connectivity index (χ0) is 25.5. The number of hydrogen-bond donors (Lipinski definition) is 3. The highest BCUT2D eigenvalue weighted by Crippen LogP contribution is 2.27. The van der Waals surface area contributed by atoms with Crippen LogP contribution in [0.25, 0.3) is 0 Å². The minimum atomic E-state index is 0.160. The van der Waals surface area contributed by atoms with E-state index in [1.54, 1.807) is 7.11 Å². The molecule has 3 rings (SSSR count). The molecule has 2 aromatic heterocycles. The molecule has 188 valence electrons. The number of carbonyl (C=O) groups is 2. The number of aromatic nitrogens is 3. The van der Waals surface area contributed by atoms with Crippen molar-refractivity contribution >= 4 is 40.6 Å². The van der Waals surface area contributed by atoms with Crippen LogP contribution in [-0.2, 0) is 11.2 Å². The van der Waals surface area contributed by atoms with Crippen LogP contribution in [0.2, 0.25) is 5.15 Å². The first-order valence-electron chi connectivity index (χ1n) is 11.0. The summed E-state index contributed by atoms with van der Waals surface area (Å²) in [5.74, 6) is 0.293. The molecule has 3 heterocycles. The molecule has 1 saturated heterocycles. The first-order valence-corrected chi connectivity index (χ1v) is 12.2. The van der Waals surface area contributed by atoms with Gasteiger partial charge in [-0.25, -0.2) is 9.97 Å². The van der Waals surface area contributed by atoms with Crippen LogP contribution >= 0.6 is 22.9 Å². The van der Waals surface area contributed by atoms with Crippen molar-refractivity contribution in [1.29, 1.82) is 5.26 Å². The van der Waals surface area contributed by atoms with Crippen molar-refractivity contribution in [2.24, 2.45) is 0 Å². The third-order valence-electron chi connectivity index (χ3n) is 5.13. The van der Waals surface area contributed by atoms with Crippen LogP contribution in [0.5, 0.6) is 0 Å². The highest BCUT2D eigenvalue weighted by Gasteiger charge is 2.29. The van der Waals surface area contributed by atoms with Gasteiger partial charge in [0, 0.05) is 39.2 Å². The number of piperidine rings is 1. The van der Waals surface area contributed by atoms with Crippen molar-refractivity contribution in [3.8, 4) is 6.07 Å². The minimum Gasteiger partial charge on any atom is -0.378 e. The van der Waals surface area contributed by atoms with Crippen molar-refractivity contribution in [3.63, 3.8) is 0 Å². The number of halogens is 1. The number of nitrogens with zero attached hydrogens (tertiary/aromatic N) is 4. The molecule has 2 atom stereocenters. The molecule has 0 bridgehead atoms. The quantitative estimate of drug-likeness (QED) is 0.360. The van der Waals surface area contributed by atoms with Gasteiger partial charge >= 0.3 is 0 Å². The molecule has 0 unspecified atom stereocenters. The average Bonchev–Trinajstić information content (AvgIpc) is 3.44. The van der Waals surface area contributed by atoms with E-state index < -0.39 is 0 Å². The largest absolute Gasteiger partial charge is 0.378 e. The summed E-state index contributed by atoms with van der Waals surface area (Å²) in [5.41, 5.74) is 1.62. The molecule has 1 aliphatic rings. The maximum Gasteiger partial charge on any atom is 0.186 e. The lowest BCUT2D eigenvalue weighted by atomic mass is 10.0. The molecular formula is C22H34ClN7O3S. The number of thiazole rings is 1. The number of carbonyl (C=O) groups excluding carboxylic acids is 2. The standard InChI is InChI=1S/C12H19N3O2S.C6H7ClN2O.C4H8N2/c1-8-11(7-16)18-12(14-8)15-5-4-9(13-2)10(6-15)17-3;1-2-4-6(7)9-5(3-10)8-4;1-6-4-2-3-5/h7,9-10,13H,4-6H2,1-3H3;3H,2H2,1H3,(H,8,9);6H,2,4H2,1H3/t9-,10+;;/m1../s1. The number of aryl methyl sites for hydroxylation is 2. The number of ether oxygens (including phenoxy) is 1. The molecule has 0 amide bonds. The number of imidazole rings is 1. The summed E-state index contributed by atoms with van der Waals surface area (Å²) >= 11 is 7.08. The van der Waals surface area contributed by atoms with Gasteiger partial charge in [0.1, 0.15) is 0 Å². The highest BCUT2D eigenvalue weighted by atomic mass is 35.5. The van der Waals surface area contributed by atoms with Crippen molar-refractivity contribution in [3.05, 3.63) is 27.2 Å². The molecule has 0 spiro atoms. The second-order valence-corrected chi connectivity index (χ2v) is 8.71. The Bertz CT molecular complexity index is 928. The van der Waals surface area contributed by atoms with Crippen LogP contribution < -0.4 is 15.5 Å². The summed E-state index contributed by atoms with van der Waals surface area (Å²) in [6.45, 7) is 6.37. The van der Waals surface area contributed by atoms with Gasteiger partial charge in [-0.15, -0.1) is 0 Å². The van der Waals surface area contributed by atoms with Crippen LogP contribution in [0.3, 0.4) is 0 Å². The monoisotopic (exact) mass is 511 g/mol. The molecule has 0 aromatic carbocycles. The van der Waals surface area contributed by atoms with E-state index in [2.05, 4.69) is 30.5 Å². The summed E-state index contributed by atoms with van der Waals surface area (Å²) in [7, 11) is 5.53. The Morgan fingerprint density at radius 1 is 1.35 bits per heavy atom. The topological polar surface area (TPSA) is 136 Å². The molecular weight excluding hydrogens is 478 g/mol. The minimum absolute atomic E-state index is 0.160. The lowest BCUT2D eigenvalue weighted by molar-refractivity contribution is 0.0628. The second kappa shape index (κ2) is 16.3. The molecule has 34 heavy (non-hydrogen) atoms. The van der Waals surface area contributed by atoms with Crippen LogP contribution in [0.1, 0.15) is 51.4 Å². The Morgan fingerprint density at radius 2 is 2.09 bits per heavy atom. The van der Waals surface area contributed by atoms with Gasteiger partial charge in [-0.1, -0.05) is 29.9 Å². The Hall–Kier alpha value is -2.36. The Kier molecular flexibility index (Phi) is 14.2. The summed E-state index contributed by atoms with van der Waals surface area (Å²) in [4.78, 5) is 34.9. The lowest BCUT2D eigenvalue weighted by Crippen LogP contribution is -2.52. The fraction of sp³-hybridized carbons (Fsp3) is 0.591. The molecule has 3 N–H and O–H groups in total. The maximum absolute atomic E-state index is 10.9. The third kappa shape index (κ3) is 9.12. The molecule has 0 aliphatic carbocycles. The summed E-state index contributed by atoms with van der Waals surface area (Å²) < 4.78 is 5.51. The number of likely N-dealkylation sites (N-methyl/N-ethyl adjacent to an activating group) is 1. The van der Waals surface area contributed by atoms with Gasteiger partial charge in [0.25, 0.3) is 0 Å². The third-order valence-corrected chi connectivity index (χ3v) is 6.59.